The molecule has 0 saturated heterocycles. The molecule has 0 N–H and O–H groups in total. The highest BCUT2D eigenvalue weighted by Crippen LogP contribution is 2.12. The highest BCUT2D eigenvalue weighted by Gasteiger charge is 2.17. The standard InChI is InChI=1S/C8H22BSi2/c1-10(2,3)7-9-8-11(4,5)6/h7-8H2,1-6H3. The van der Waals surface area contributed by atoms with Crippen LogP contribution in [0.2, 0.25) is 51.2 Å². The smallest absolute Gasteiger partial charge is 0.0847 e. The van der Waals surface area contributed by atoms with Crippen LogP contribution >= 0.6 is 0 Å². The second kappa shape index (κ2) is 3.94. The predicted octanol–water partition coefficient (Wildman–Crippen LogP) is 3.28. The largest absolute Gasteiger partial charge is 0.103 e. The minimum absolute atomic E-state index is 0.790. The van der Waals surface area contributed by atoms with Crippen molar-refractivity contribution >= 4 is 23.4 Å². The summed E-state index contributed by atoms with van der Waals surface area (Å²) in [6.07, 6.45) is 0. The molecule has 0 spiro atoms. The minimum Gasteiger partial charge on any atom is -0.0847 e. The van der Waals surface area contributed by atoms with Crippen molar-refractivity contribution in [2.75, 3.05) is 0 Å². The van der Waals surface area contributed by atoms with Gasteiger partial charge in [-0.05, 0) is 0 Å². The van der Waals surface area contributed by atoms with E-state index < -0.39 is 16.1 Å². The van der Waals surface area contributed by atoms with Crippen molar-refractivity contribution < 1.29 is 0 Å². The molecule has 0 saturated carbocycles. The lowest BCUT2D eigenvalue weighted by Gasteiger charge is -2.19. The molecule has 0 unspecified atom stereocenters. The maximum absolute atomic E-state index is 2.54. The second-order valence-electron chi connectivity index (χ2n) is 5.82. The Morgan fingerprint density at radius 3 is 1.18 bits per heavy atom. The van der Waals surface area contributed by atoms with Crippen LogP contribution in [0, 0.1) is 0 Å². The molecule has 0 fully saturated rings. The van der Waals surface area contributed by atoms with Gasteiger partial charge in [-0.1, -0.05) is 51.2 Å². The van der Waals surface area contributed by atoms with Crippen molar-refractivity contribution in [2.45, 2.75) is 51.2 Å². The van der Waals surface area contributed by atoms with Crippen LogP contribution < -0.4 is 0 Å². The van der Waals surface area contributed by atoms with Gasteiger partial charge in [0.1, 0.15) is 7.28 Å². The van der Waals surface area contributed by atoms with E-state index in [4.69, 9.17) is 0 Å². The lowest BCUT2D eigenvalue weighted by atomic mass is 9.86. The molecule has 1 radical (unpaired) electrons. The minimum atomic E-state index is -0.790. The second-order valence-corrected chi connectivity index (χ2v) is 16.9. The molecular formula is C8H22BSi2. The molecule has 11 heavy (non-hydrogen) atoms. The zero-order valence-electron chi connectivity index (χ0n) is 8.99. The van der Waals surface area contributed by atoms with Gasteiger partial charge in [0.05, 0.1) is 0 Å². The van der Waals surface area contributed by atoms with E-state index in [0.29, 0.717) is 0 Å². The van der Waals surface area contributed by atoms with Crippen LogP contribution in [0.25, 0.3) is 0 Å². The first kappa shape index (κ1) is 11.5. The Kier molecular flexibility index (Phi) is 4.12. The molecule has 0 bridgehead atoms. The fourth-order valence-corrected chi connectivity index (χ4v) is 3.25. The molecule has 0 aromatic carbocycles. The molecule has 0 aliphatic heterocycles. The maximum Gasteiger partial charge on any atom is 0.103 e. The van der Waals surface area contributed by atoms with Crippen LogP contribution in [0.5, 0.6) is 0 Å². The van der Waals surface area contributed by atoms with Gasteiger partial charge in [0.2, 0.25) is 0 Å². The fraction of sp³-hybridized carbons (Fsp3) is 1.00. The summed E-state index contributed by atoms with van der Waals surface area (Å²) in [4.78, 5) is 0. The molecule has 0 aromatic rings. The average molecular weight is 185 g/mol. The average Bonchev–Trinajstić information content (AvgIpc) is 1.55. The van der Waals surface area contributed by atoms with Crippen molar-refractivity contribution in [3.05, 3.63) is 0 Å². The van der Waals surface area contributed by atoms with E-state index in [2.05, 4.69) is 46.6 Å². The zero-order valence-corrected chi connectivity index (χ0v) is 11.0. The summed E-state index contributed by atoms with van der Waals surface area (Å²) in [6.45, 7) is 14.6. The van der Waals surface area contributed by atoms with Gasteiger partial charge in [0.25, 0.3) is 0 Å². The van der Waals surface area contributed by atoms with Gasteiger partial charge in [-0.2, -0.15) is 0 Å². The normalized spacial score (nSPS) is 13.3. The molecule has 0 aliphatic carbocycles. The van der Waals surface area contributed by atoms with Crippen molar-refractivity contribution in [1.29, 1.82) is 0 Å². The lowest BCUT2D eigenvalue weighted by molar-refractivity contribution is 1.57. The maximum atomic E-state index is 2.54. The molecule has 0 nitrogen and oxygen atoms in total. The Hall–Kier alpha value is 0.499. The van der Waals surface area contributed by atoms with Crippen molar-refractivity contribution in [3.63, 3.8) is 0 Å². The van der Waals surface area contributed by atoms with Crippen molar-refractivity contribution in [2.24, 2.45) is 0 Å². The molecule has 65 valence electrons. The Morgan fingerprint density at radius 2 is 1.00 bits per heavy atom. The third-order valence-electron chi connectivity index (χ3n) is 1.51. The number of hydrogen-bond acceptors (Lipinski definition) is 0. The third kappa shape index (κ3) is 10.5. The lowest BCUT2D eigenvalue weighted by Crippen LogP contribution is -2.28. The van der Waals surface area contributed by atoms with Crippen LogP contribution in [0.4, 0.5) is 0 Å². The highest BCUT2D eigenvalue weighted by molar-refractivity contribution is 6.89. The number of hydrogen-bond donors (Lipinski definition) is 0. The topological polar surface area (TPSA) is 0 Å². The first-order valence-electron chi connectivity index (χ1n) is 4.52. The molecule has 0 heterocycles. The van der Waals surface area contributed by atoms with Crippen molar-refractivity contribution in [3.8, 4) is 0 Å². The first-order chi connectivity index (χ1) is 4.71. The summed E-state index contributed by atoms with van der Waals surface area (Å²) in [5.41, 5.74) is 0. The molecule has 3 heteroatoms. The molecule has 0 amide bonds. The van der Waals surface area contributed by atoms with Gasteiger partial charge < -0.3 is 0 Å². The molecule has 0 rings (SSSR count). The summed E-state index contributed by atoms with van der Waals surface area (Å²) in [6, 6.07) is 0. The third-order valence-corrected chi connectivity index (χ3v) is 4.54. The summed E-state index contributed by atoms with van der Waals surface area (Å²) in [7, 11) is 0.959. The SMILES string of the molecule is C[Si](C)(C)C[B]C[Si](C)(C)C. The monoisotopic (exact) mass is 185 g/mol. The van der Waals surface area contributed by atoms with Crippen LogP contribution in [0.3, 0.4) is 0 Å². The van der Waals surface area contributed by atoms with E-state index in [1.807, 2.05) is 0 Å². The van der Waals surface area contributed by atoms with Gasteiger partial charge in [-0.25, -0.2) is 0 Å². The van der Waals surface area contributed by atoms with Crippen LogP contribution in [0.15, 0.2) is 0 Å². The van der Waals surface area contributed by atoms with Gasteiger partial charge in [0, 0.05) is 16.1 Å². The number of rotatable bonds is 4. The summed E-state index contributed by atoms with van der Waals surface area (Å²) in [5.74, 6) is 2.80. The Morgan fingerprint density at radius 1 is 0.727 bits per heavy atom. The van der Waals surface area contributed by atoms with Gasteiger partial charge in [-0.15, -0.1) is 0 Å². The van der Waals surface area contributed by atoms with Crippen LogP contribution in [0.1, 0.15) is 0 Å². The summed E-state index contributed by atoms with van der Waals surface area (Å²) in [5, 5.41) is 0. The first-order valence-corrected chi connectivity index (χ1v) is 11.9. The van der Waals surface area contributed by atoms with Gasteiger partial charge in [0.15, 0.2) is 0 Å². The quantitative estimate of drug-likeness (QED) is 0.589. The Labute approximate surface area is 75.0 Å². The Bertz CT molecular complexity index is 96.2. The van der Waals surface area contributed by atoms with E-state index in [1.54, 1.807) is 0 Å². The van der Waals surface area contributed by atoms with Gasteiger partial charge >= 0.3 is 0 Å². The molecule has 0 aliphatic rings. The van der Waals surface area contributed by atoms with Crippen LogP contribution in [-0.2, 0) is 0 Å². The van der Waals surface area contributed by atoms with E-state index in [-0.39, 0.29) is 0 Å². The molecule has 0 atom stereocenters. The highest BCUT2D eigenvalue weighted by atomic mass is 28.3. The van der Waals surface area contributed by atoms with Crippen molar-refractivity contribution in [1.82, 2.24) is 0 Å². The molecule has 0 aromatic heterocycles. The van der Waals surface area contributed by atoms with E-state index in [1.165, 1.54) is 11.9 Å². The van der Waals surface area contributed by atoms with Gasteiger partial charge in [-0.3, -0.25) is 0 Å². The molecular weight excluding hydrogens is 163 g/mol. The van der Waals surface area contributed by atoms with E-state index in [9.17, 15) is 0 Å². The zero-order chi connectivity index (χ0) is 9.12. The fourth-order valence-electron chi connectivity index (χ4n) is 0.938. The van der Waals surface area contributed by atoms with E-state index >= 15 is 0 Å². The summed E-state index contributed by atoms with van der Waals surface area (Å²) >= 11 is 0. The van der Waals surface area contributed by atoms with Crippen LogP contribution in [-0.4, -0.2) is 23.4 Å². The predicted molar refractivity (Wildman–Crippen MR) is 62.1 cm³/mol. The Balaban J connectivity index is 3.44. The van der Waals surface area contributed by atoms with E-state index in [0.717, 1.165) is 0 Å². The summed E-state index contributed by atoms with van der Waals surface area (Å²) < 4.78 is 0.